The van der Waals surface area contributed by atoms with E-state index in [1.807, 2.05) is 49.1 Å². The molecule has 0 saturated heterocycles. The van der Waals surface area contributed by atoms with E-state index in [1.54, 1.807) is 6.20 Å². The van der Waals surface area contributed by atoms with Crippen LogP contribution < -0.4 is 0 Å². The fourth-order valence-corrected chi connectivity index (χ4v) is 1.36. The molecule has 0 unspecified atom stereocenters. The molecule has 0 amide bonds. The van der Waals surface area contributed by atoms with Gasteiger partial charge in [-0.3, -0.25) is 0 Å². The largest absolute Gasteiger partial charge is 0.478 e. The van der Waals surface area contributed by atoms with E-state index in [2.05, 4.69) is 0 Å². The molecule has 0 saturated carbocycles. The minimum absolute atomic E-state index is 0.274. The minimum Gasteiger partial charge on any atom is -0.478 e. The van der Waals surface area contributed by atoms with Gasteiger partial charge in [0.05, 0.1) is 0 Å². The van der Waals surface area contributed by atoms with Crippen LogP contribution in [0.1, 0.15) is 19.4 Å². The van der Waals surface area contributed by atoms with Crippen molar-refractivity contribution in [2.75, 3.05) is 0 Å². The average Bonchev–Trinajstić information content (AvgIpc) is 2.25. The molecule has 0 aliphatic heterocycles. The second kappa shape index (κ2) is 5.95. The van der Waals surface area contributed by atoms with Crippen LogP contribution >= 0.6 is 0 Å². The van der Waals surface area contributed by atoms with Crippen molar-refractivity contribution in [1.82, 2.24) is 4.90 Å². The Kier molecular flexibility index (Phi) is 4.58. The monoisotopic (exact) mass is 219 g/mol. The molecule has 0 bridgehead atoms. The van der Waals surface area contributed by atoms with E-state index in [1.165, 1.54) is 11.6 Å². The van der Waals surface area contributed by atoms with Gasteiger partial charge in [0.1, 0.15) is 0 Å². The maximum Gasteiger partial charge on any atom is 0.329 e. The van der Waals surface area contributed by atoms with Crippen molar-refractivity contribution in [2.24, 2.45) is 0 Å². The van der Waals surface area contributed by atoms with Crippen LogP contribution in [-0.4, -0.2) is 22.0 Å². The van der Waals surface area contributed by atoms with Crippen molar-refractivity contribution in [2.45, 2.75) is 26.4 Å². The van der Waals surface area contributed by atoms with Gasteiger partial charge in [-0.25, -0.2) is 4.79 Å². The Hall–Kier alpha value is -1.77. The number of carbonyl (C=O) groups is 1. The molecule has 1 N–H and O–H groups in total. The molecule has 0 heterocycles. The summed E-state index contributed by atoms with van der Waals surface area (Å²) in [4.78, 5) is 12.5. The molecule has 0 atom stereocenters. The minimum atomic E-state index is -0.918. The molecule has 0 radical (unpaired) electrons. The van der Waals surface area contributed by atoms with Crippen molar-refractivity contribution in [3.8, 4) is 0 Å². The zero-order chi connectivity index (χ0) is 12.0. The maximum absolute atomic E-state index is 10.5. The third-order valence-corrected chi connectivity index (χ3v) is 2.28. The molecule has 1 aromatic rings. The molecule has 3 nitrogen and oxygen atoms in total. The molecule has 16 heavy (non-hydrogen) atoms. The van der Waals surface area contributed by atoms with Crippen molar-refractivity contribution in [3.63, 3.8) is 0 Å². The summed E-state index contributed by atoms with van der Waals surface area (Å²) in [6.07, 6.45) is 2.79. The predicted molar refractivity (Wildman–Crippen MR) is 63.9 cm³/mol. The summed E-state index contributed by atoms with van der Waals surface area (Å²) in [5, 5.41) is 8.60. The Morgan fingerprint density at radius 1 is 1.38 bits per heavy atom. The van der Waals surface area contributed by atoms with Gasteiger partial charge in [-0.15, -0.1) is 0 Å². The zero-order valence-electron chi connectivity index (χ0n) is 9.63. The highest BCUT2D eigenvalue weighted by atomic mass is 16.4. The Balaban J connectivity index is 2.69. The molecule has 1 aromatic carbocycles. The Labute approximate surface area is 96.0 Å². The number of nitrogens with zero attached hydrogens (tertiary/aromatic N) is 1. The van der Waals surface area contributed by atoms with Gasteiger partial charge in [-0.2, -0.15) is 0 Å². The highest BCUT2D eigenvalue weighted by molar-refractivity contribution is 5.79. The van der Waals surface area contributed by atoms with E-state index >= 15 is 0 Å². The molecular weight excluding hydrogens is 202 g/mol. The van der Waals surface area contributed by atoms with Crippen molar-refractivity contribution < 1.29 is 9.90 Å². The highest BCUT2D eigenvalue weighted by Crippen LogP contribution is 2.08. The van der Waals surface area contributed by atoms with Gasteiger partial charge in [-0.05, 0) is 19.4 Å². The molecule has 0 aliphatic rings. The van der Waals surface area contributed by atoms with Crippen LogP contribution in [0.2, 0.25) is 0 Å². The van der Waals surface area contributed by atoms with E-state index in [0.29, 0.717) is 0 Å². The first-order chi connectivity index (χ1) is 7.59. The first-order valence-electron chi connectivity index (χ1n) is 5.30. The summed E-state index contributed by atoms with van der Waals surface area (Å²) in [5.41, 5.74) is 1.17. The first kappa shape index (κ1) is 12.3. The summed E-state index contributed by atoms with van der Waals surface area (Å²) < 4.78 is 0. The Morgan fingerprint density at radius 3 is 2.50 bits per heavy atom. The van der Waals surface area contributed by atoms with E-state index in [4.69, 9.17) is 5.11 Å². The molecule has 0 aliphatic carbocycles. The van der Waals surface area contributed by atoms with Crippen molar-refractivity contribution in [3.05, 3.63) is 48.2 Å². The van der Waals surface area contributed by atoms with E-state index in [9.17, 15) is 4.79 Å². The van der Waals surface area contributed by atoms with Gasteiger partial charge >= 0.3 is 5.97 Å². The van der Waals surface area contributed by atoms with Crippen LogP contribution in [0.4, 0.5) is 0 Å². The fourth-order valence-electron chi connectivity index (χ4n) is 1.36. The molecule has 0 spiro atoms. The zero-order valence-corrected chi connectivity index (χ0v) is 9.63. The van der Waals surface area contributed by atoms with Crippen LogP contribution in [0, 0.1) is 0 Å². The van der Waals surface area contributed by atoms with Gasteiger partial charge in [0, 0.05) is 24.9 Å². The van der Waals surface area contributed by atoms with Gasteiger partial charge in [0.15, 0.2) is 0 Å². The fraction of sp³-hybridized carbons (Fsp3) is 0.308. The highest BCUT2D eigenvalue weighted by Gasteiger charge is 2.05. The van der Waals surface area contributed by atoms with Gasteiger partial charge in [0.25, 0.3) is 0 Å². The van der Waals surface area contributed by atoms with Crippen LogP contribution in [0.5, 0.6) is 0 Å². The standard InChI is InChI=1S/C13H17NO2/c1-11(2)14(9-8-13(15)16)10-12-6-4-3-5-7-12/h3-9,11H,10H2,1-2H3,(H,15,16)/b9-8+. The molecule has 0 fully saturated rings. The quantitative estimate of drug-likeness (QED) is 0.773. The molecular formula is C13H17NO2. The van der Waals surface area contributed by atoms with Gasteiger partial charge in [0.2, 0.25) is 0 Å². The smallest absolute Gasteiger partial charge is 0.329 e. The van der Waals surface area contributed by atoms with Crippen LogP contribution in [0.15, 0.2) is 42.6 Å². The number of aliphatic carboxylic acids is 1. The number of rotatable bonds is 5. The van der Waals surface area contributed by atoms with E-state index in [0.717, 1.165) is 6.54 Å². The lowest BCUT2D eigenvalue weighted by atomic mass is 10.2. The Morgan fingerprint density at radius 2 is 2.00 bits per heavy atom. The van der Waals surface area contributed by atoms with Crippen LogP contribution in [-0.2, 0) is 11.3 Å². The first-order valence-corrected chi connectivity index (χ1v) is 5.30. The van der Waals surface area contributed by atoms with Crippen molar-refractivity contribution in [1.29, 1.82) is 0 Å². The molecule has 1 rings (SSSR count). The summed E-state index contributed by atoms with van der Waals surface area (Å²) in [6.45, 7) is 4.80. The number of hydrogen-bond donors (Lipinski definition) is 1. The normalized spacial score (nSPS) is 10.9. The van der Waals surface area contributed by atoms with Gasteiger partial charge in [-0.1, -0.05) is 30.3 Å². The number of benzene rings is 1. The lowest BCUT2D eigenvalue weighted by Crippen LogP contribution is -2.25. The maximum atomic E-state index is 10.5. The second-order valence-corrected chi connectivity index (χ2v) is 3.91. The molecule has 86 valence electrons. The lowest BCUT2D eigenvalue weighted by molar-refractivity contribution is -0.131. The second-order valence-electron chi connectivity index (χ2n) is 3.91. The predicted octanol–water partition coefficient (Wildman–Crippen LogP) is 2.50. The lowest BCUT2D eigenvalue weighted by Gasteiger charge is -2.24. The topological polar surface area (TPSA) is 40.5 Å². The number of carboxylic acid groups (broad SMARTS) is 1. The summed E-state index contributed by atoms with van der Waals surface area (Å²) >= 11 is 0. The third-order valence-electron chi connectivity index (χ3n) is 2.28. The van der Waals surface area contributed by atoms with E-state index in [-0.39, 0.29) is 6.04 Å². The number of carboxylic acids is 1. The van der Waals surface area contributed by atoms with Crippen molar-refractivity contribution >= 4 is 5.97 Å². The third kappa shape index (κ3) is 4.17. The summed E-state index contributed by atoms with van der Waals surface area (Å²) in [5.74, 6) is -0.918. The summed E-state index contributed by atoms with van der Waals surface area (Å²) in [6, 6.07) is 10.3. The average molecular weight is 219 g/mol. The van der Waals surface area contributed by atoms with Crippen LogP contribution in [0.25, 0.3) is 0 Å². The number of hydrogen-bond acceptors (Lipinski definition) is 2. The molecule has 3 heteroatoms. The van der Waals surface area contributed by atoms with Gasteiger partial charge < -0.3 is 10.0 Å². The molecule has 0 aromatic heterocycles. The SMILES string of the molecule is CC(C)N(/C=C/C(=O)O)Cc1ccccc1. The Bertz CT molecular complexity index is 357. The van der Waals surface area contributed by atoms with E-state index < -0.39 is 5.97 Å². The summed E-state index contributed by atoms with van der Waals surface area (Å²) in [7, 11) is 0. The van der Waals surface area contributed by atoms with Crippen LogP contribution in [0.3, 0.4) is 0 Å².